The van der Waals surface area contributed by atoms with Crippen LogP contribution >= 0.6 is 0 Å². The van der Waals surface area contributed by atoms with Crippen molar-refractivity contribution in [3.63, 3.8) is 0 Å². The summed E-state index contributed by atoms with van der Waals surface area (Å²) in [5.41, 5.74) is 2.42. The zero-order valence-electron chi connectivity index (χ0n) is 13.9. The number of hydrogen-bond donors (Lipinski definition) is 1. The summed E-state index contributed by atoms with van der Waals surface area (Å²) in [4.78, 5) is 15.0. The molecule has 0 aliphatic heterocycles. The van der Waals surface area contributed by atoms with Gasteiger partial charge < -0.3 is 5.11 Å². The molecular formula is C19H13N5O3. The summed E-state index contributed by atoms with van der Waals surface area (Å²) in [6.45, 7) is 0. The van der Waals surface area contributed by atoms with Crippen LogP contribution in [0.25, 0.3) is 16.9 Å². The second-order valence-electron chi connectivity index (χ2n) is 5.74. The van der Waals surface area contributed by atoms with Gasteiger partial charge in [-0.1, -0.05) is 12.1 Å². The molecular weight excluding hydrogens is 346 g/mol. The topological polar surface area (TPSA) is 105 Å². The SMILES string of the molecule is O=[N+]([O-])c1ccc(-c2nc3ccccn3c2N=Nc2cccc(O)c2)cc1. The summed E-state index contributed by atoms with van der Waals surface area (Å²) in [6, 6.07) is 18.1. The largest absolute Gasteiger partial charge is 0.508 e. The summed E-state index contributed by atoms with van der Waals surface area (Å²) < 4.78 is 1.78. The zero-order valence-corrected chi connectivity index (χ0v) is 13.9. The van der Waals surface area contributed by atoms with Crippen molar-refractivity contribution in [3.8, 4) is 17.0 Å². The van der Waals surface area contributed by atoms with Crippen LogP contribution in [0.3, 0.4) is 0 Å². The lowest BCUT2D eigenvalue weighted by molar-refractivity contribution is -0.384. The smallest absolute Gasteiger partial charge is 0.269 e. The van der Waals surface area contributed by atoms with Gasteiger partial charge in [0.1, 0.15) is 17.1 Å². The second kappa shape index (κ2) is 6.68. The first-order chi connectivity index (χ1) is 13.1. The normalized spacial score (nSPS) is 11.3. The lowest BCUT2D eigenvalue weighted by Crippen LogP contribution is -1.87. The van der Waals surface area contributed by atoms with Crippen molar-refractivity contribution in [2.24, 2.45) is 10.2 Å². The Morgan fingerprint density at radius 3 is 2.56 bits per heavy atom. The third-order valence-corrected chi connectivity index (χ3v) is 3.95. The molecule has 0 aliphatic carbocycles. The van der Waals surface area contributed by atoms with Crippen molar-refractivity contribution in [1.29, 1.82) is 0 Å². The third kappa shape index (κ3) is 3.23. The molecule has 0 radical (unpaired) electrons. The molecule has 0 saturated heterocycles. The van der Waals surface area contributed by atoms with Crippen molar-refractivity contribution < 1.29 is 10.0 Å². The van der Waals surface area contributed by atoms with Crippen LogP contribution in [0.5, 0.6) is 5.75 Å². The Balaban J connectivity index is 1.83. The first-order valence-corrected chi connectivity index (χ1v) is 8.04. The van der Waals surface area contributed by atoms with E-state index in [-0.39, 0.29) is 11.4 Å². The molecule has 0 unspecified atom stereocenters. The highest BCUT2D eigenvalue weighted by molar-refractivity contribution is 5.75. The molecule has 0 fully saturated rings. The molecule has 0 saturated carbocycles. The molecule has 27 heavy (non-hydrogen) atoms. The van der Waals surface area contributed by atoms with Crippen LogP contribution in [-0.4, -0.2) is 19.4 Å². The van der Waals surface area contributed by atoms with Crippen molar-refractivity contribution in [1.82, 2.24) is 9.38 Å². The predicted molar refractivity (Wildman–Crippen MR) is 99.6 cm³/mol. The van der Waals surface area contributed by atoms with Crippen molar-refractivity contribution in [2.45, 2.75) is 0 Å². The quantitative estimate of drug-likeness (QED) is 0.313. The Morgan fingerprint density at radius 2 is 1.81 bits per heavy atom. The predicted octanol–water partition coefficient (Wildman–Crippen LogP) is 5.03. The zero-order chi connectivity index (χ0) is 18.8. The van der Waals surface area contributed by atoms with Gasteiger partial charge in [-0.25, -0.2) is 4.98 Å². The van der Waals surface area contributed by atoms with Gasteiger partial charge in [-0.05, 0) is 36.4 Å². The minimum atomic E-state index is -0.448. The highest BCUT2D eigenvalue weighted by atomic mass is 16.6. The van der Waals surface area contributed by atoms with Crippen molar-refractivity contribution in [3.05, 3.63) is 83.0 Å². The van der Waals surface area contributed by atoms with Crippen molar-refractivity contribution in [2.75, 3.05) is 0 Å². The fourth-order valence-electron chi connectivity index (χ4n) is 2.67. The lowest BCUT2D eigenvalue weighted by Gasteiger charge is -2.00. The van der Waals surface area contributed by atoms with Gasteiger partial charge in [-0.2, -0.15) is 0 Å². The van der Waals surface area contributed by atoms with Gasteiger partial charge in [-0.3, -0.25) is 14.5 Å². The van der Waals surface area contributed by atoms with Crippen LogP contribution in [-0.2, 0) is 0 Å². The molecule has 4 aromatic rings. The van der Waals surface area contributed by atoms with Crippen molar-refractivity contribution >= 4 is 22.8 Å². The van der Waals surface area contributed by atoms with Crippen LogP contribution in [0.4, 0.5) is 17.2 Å². The Kier molecular flexibility index (Phi) is 4.06. The van der Waals surface area contributed by atoms with Gasteiger partial charge in [0.05, 0.1) is 10.6 Å². The van der Waals surface area contributed by atoms with Gasteiger partial charge in [0.25, 0.3) is 5.69 Å². The number of aromatic nitrogens is 2. The first-order valence-electron chi connectivity index (χ1n) is 8.04. The van der Waals surface area contributed by atoms with E-state index in [1.54, 1.807) is 34.7 Å². The minimum absolute atomic E-state index is 0.00505. The van der Waals surface area contributed by atoms with E-state index >= 15 is 0 Å². The molecule has 0 aliphatic rings. The number of phenolic OH excluding ortho intramolecular Hbond substituents is 1. The monoisotopic (exact) mass is 359 g/mol. The summed E-state index contributed by atoms with van der Waals surface area (Å²) in [5, 5.41) is 29.0. The molecule has 132 valence electrons. The maximum absolute atomic E-state index is 10.9. The Morgan fingerprint density at radius 1 is 1.00 bits per heavy atom. The Bertz CT molecular complexity index is 1170. The van der Waals surface area contributed by atoms with Crippen LogP contribution in [0, 0.1) is 10.1 Å². The molecule has 2 aromatic heterocycles. The molecule has 8 heteroatoms. The summed E-state index contributed by atoms with van der Waals surface area (Å²) in [6.07, 6.45) is 1.81. The molecule has 2 heterocycles. The number of non-ortho nitro benzene ring substituents is 1. The van der Waals surface area contributed by atoms with Crippen LogP contribution in [0.1, 0.15) is 0 Å². The molecule has 1 N–H and O–H groups in total. The average Bonchev–Trinajstić information content (AvgIpc) is 3.05. The summed E-state index contributed by atoms with van der Waals surface area (Å²) in [5.74, 6) is 0.586. The van der Waals surface area contributed by atoms with E-state index < -0.39 is 4.92 Å². The van der Waals surface area contributed by atoms with Gasteiger partial charge in [0.15, 0.2) is 5.82 Å². The summed E-state index contributed by atoms with van der Waals surface area (Å²) in [7, 11) is 0. The Hall–Kier alpha value is -4.07. The second-order valence-corrected chi connectivity index (χ2v) is 5.74. The molecule has 0 bridgehead atoms. The number of nitrogens with zero attached hydrogens (tertiary/aromatic N) is 5. The third-order valence-electron chi connectivity index (χ3n) is 3.95. The summed E-state index contributed by atoms with van der Waals surface area (Å²) >= 11 is 0. The fraction of sp³-hybridized carbons (Fsp3) is 0. The highest BCUT2D eigenvalue weighted by Gasteiger charge is 2.15. The van der Waals surface area contributed by atoms with Gasteiger partial charge in [0, 0.05) is 30.0 Å². The van der Waals surface area contributed by atoms with Gasteiger partial charge in [-0.15, -0.1) is 10.2 Å². The number of hydrogen-bond acceptors (Lipinski definition) is 6. The van der Waals surface area contributed by atoms with E-state index in [4.69, 9.17) is 0 Å². The molecule has 4 rings (SSSR count). The molecule has 0 atom stereocenters. The fourth-order valence-corrected chi connectivity index (χ4v) is 2.67. The number of azo groups is 1. The lowest BCUT2D eigenvalue weighted by atomic mass is 10.1. The van der Waals surface area contributed by atoms with Gasteiger partial charge >= 0.3 is 0 Å². The number of imidazole rings is 1. The van der Waals surface area contributed by atoms with E-state index in [1.165, 1.54) is 18.2 Å². The number of aromatic hydroxyl groups is 1. The Labute approximate surface area is 153 Å². The molecule has 8 nitrogen and oxygen atoms in total. The number of nitro groups is 1. The average molecular weight is 359 g/mol. The van der Waals surface area contributed by atoms with E-state index in [2.05, 4.69) is 15.2 Å². The molecule has 0 spiro atoms. The number of fused-ring (bicyclic) bond motifs is 1. The molecule has 2 aromatic carbocycles. The number of rotatable bonds is 4. The standard InChI is InChI=1S/C19H13N5O3/c25-16-5-3-4-14(12-16)21-22-19-18(20-17-6-1-2-11-23(17)19)13-7-9-15(10-8-13)24(26)27/h1-12,25H. The van der Waals surface area contributed by atoms with E-state index in [0.717, 1.165) is 0 Å². The van der Waals surface area contributed by atoms with Gasteiger partial charge in [0.2, 0.25) is 0 Å². The number of benzene rings is 2. The minimum Gasteiger partial charge on any atom is -0.508 e. The van der Waals surface area contributed by atoms with E-state index in [9.17, 15) is 15.2 Å². The maximum Gasteiger partial charge on any atom is 0.269 e. The molecule has 0 amide bonds. The van der Waals surface area contributed by atoms with Crippen LogP contribution in [0.15, 0.2) is 83.2 Å². The first kappa shape index (κ1) is 16.4. The maximum atomic E-state index is 10.9. The number of nitro benzene ring substituents is 1. The van der Waals surface area contributed by atoms with E-state index in [0.29, 0.717) is 28.4 Å². The van der Waals surface area contributed by atoms with E-state index in [1.807, 2.05) is 24.4 Å². The number of pyridine rings is 1. The highest BCUT2D eigenvalue weighted by Crippen LogP contribution is 2.33. The number of phenols is 1. The van der Waals surface area contributed by atoms with Crippen LogP contribution in [0.2, 0.25) is 0 Å². The van der Waals surface area contributed by atoms with Crippen LogP contribution < -0.4 is 0 Å².